The highest BCUT2D eigenvalue weighted by molar-refractivity contribution is 7.14. The summed E-state index contributed by atoms with van der Waals surface area (Å²) in [6.45, 7) is 0.390. The molecule has 0 unspecified atom stereocenters. The summed E-state index contributed by atoms with van der Waals surface area (Å²) in [6, 6.07) is 10.5. The first kappa shape index (κ1) is 15.9. The van der Waals surface area contributed by atoms with Gasteiger partial charge in [-0.3, -0.25) is 14.6 Å². The molecule has 3 rings (SSSR count). The van der Waals surface area contributed by atoms with Gasteiger partial charge in [0.05, 0.1) is 24.1 Å². The SMILES string of the molecule is CN(Cc1ccccn1)C(=O)c1ccsc1NC(=O)c1ccco1. The molecular weight excluding hydrogens is 326 g/mol. The Kier molecular flexibility index (Phi) is 4.72. The molecule has 0 bridgehead atoms. The minimum atomic E-state index is -0.385. The fraction of sp³-hybridized carbons (Fsp3) is 0.118. The van der Waals surface area contributed by atoms with Crippen LogP contribution in [0.25, 0.3) is 0 Å². The molecule has 0 spiro atoms. The Hall–Kier alpha value is -2.93. The van der Waals surface area contributed by atoms with Gasteiger partial charge in [0.25, 0.3) is 11.8 Å². The fourth-order valence-electron chi connectivity index (χ4n) is 2.16. The minimum absolute atomic E-state index is 0.184. The Morgan fingerprint density at radius 3 is 2.83 bits per heavy atom. The summed E-state index contributed by atoms with van der Waals surface area (Å²) in [5.74, 6) is -0.371. The molecule has 6 nitrogen and oxygen atoms in total. The Morgan fingerprint density at radius 2 is 2.12 bits per heavy atom. The number of hydrogen-bond acceptors (Lipinski definition) is 5. The number of hydrogen-bond donors (Lipinski definition) is 1. The zero-order valence-electron chi connectivity index (χ0n) is 12.9. The molecule has 3 aromatic heterocycles. The summed E-state index contributed by atoms with van der Waals surface area (Å²) in [5, 5.41) is 4.97. The number of nitrogens with zero attached hydrogens (tertiary/aromatic N) is 2. The van der Waals surface area contributed by atoms with E-state index in [4.69, 9.17) is 4.42 Å². The van der Waals surface area contributed by atoms with E-state index in [1.165, 1.54) is 17.6 Å². The zero-order chi connectivity index (χ0) is 16.9. The minimum Gasteiger partial charge on any atom is -0.459 e. The van der Waals surface area contributed by atoms with Crippen LogP contribution in [-0.2, 0) is 6.54 Å². The van der Waals surface area contributed by atoms with Crippen molar-refractivity contribution < 1.29 is 14.0 Å². The summed E-state index contributed by atoms with van der Waals surface area (Å²) >= 11 is 1.29. The second-order valence-corrected chi connectivity index (χ2v) is 5.99. The van der Waals surface area contributed by atoms with Crippen molar-refractivity contribution in [2.24, 2.45) is 0 Å². The Bertz CT molecular complexity index is 828. The van der Waals surface area contributed by atoms with Gasteiger partial charge in [-0.25, -0.2) is 0 Å². The Balaban J connectivity index is 1.72. The maximum absolute atomic E-state index is 12.6. The lowest BCUT2D eigenvalue weighted by molar-refractivity contribution is 0.0785. The van der Waals surface area contributed by atoms with E-state index in [1.807, 2.05) is 18.2 Å². The van der Waals surface area contributed by atoms with Crippen molar-refractivity contribution in [3.63, 3.8) is 0 Å². The number of nitrogens with one attached hydrogen (secondary N) is 1. The molecule has 7 heteroatoms. The van der Waals surface area contributed by atoms with Gasteiger partial charge in [-0.1, -0.05) is 6.07 Å². The first-order chi connectivity index (χ1) is 11.6. The van der Waals surface area contributed by atoms with Crippen LogP contribution in [0.5, 0.6) is 0 Å². The monoisotopic (exact) mass is 341 g/mol. The molecule has 0 atom stereocenters. The second kappa shape index (κ2) is 7.10. The number of thiophene rings is 1. The molecule has 0 aliphatic heterocycles. The smallest absolute Gasteiger partial charge is 0.291 e. The largest absolute Gasteiger partial charge is 0.459 e. The lowest BCUT2D eigenvalue weighted by Gasteiger charge is -2.17. The molecular formula is C17H15N3O3S. The van der Waals surface area contributed by atoms with E-state index in [1.54, 1.807) is 41.7 Å². The van der Waals surface area contributed by atoms with Crippen LogP contribution in [0.1, 0.15) is 26.6 Å². The van der Waals surface area contributed by atoms with E-state index in [-0.39, 0.29) is 17.6 Å². The standard InChI is InChI=1S/C17H15N3O3S/c1-20(11-12-5-2-3-8-18-12)17(22)13-7-10-24-16(13)19-15(21)14-6-4-9-23-14/h2-10H,11H2,1H3,(H,19,21). The van der Waals surface area contributed by atoms with Crippen molar-refractivity contribution in [3.8, 4) is 0 Å². The normalized spacial score (nSPS) is 10.4. The molecule has 0 fully saturated rings. The van der Waals surface area contributed by atoms with Crippen LogP contribution in [0.4, 0.5) is 5.00 Å². The molecule has 0 saturated carbocycles. The average molecular weight is 341 g/mol. The van der Waals surface area contributed by atoms with Crippen LogP contribution >= 0.6 is 11.3 Å². The third-order valence-corrected chi connectivity index (χ3v) is 4.17. The highest BCUT2D eigenvalue weighted by Gasteiger charge is 2.20. The van der Waals surface area contributed by atoms with Crippen LogP contribution in [0.2, 0.25) is 0 Å². The number of aromatic nitrogens is 1. The summed E-state index contributed by atoms with van der Waals surface area (Å²) in [6.07, 6.45) is 3.11. The van der Waals surface area contributed by atoms with E-state index in [9.17, 15) is 9.59 Å². The molecule has 122 valence electrons. The zero-order valence-corrected chi connectivity index (χ0v) is 13.7. The van der Waals surface area contributed by atoms with Crippen molar-refractivity contribution in [3.05, 3.63) is 71.3 Å². The van der Waals surface area contributed by atoms with Crippen LogP contribution in [0.15, 0.2) is 58.7 Å². The number of rotatable bonds is 5. The van der Waals surface area contributed by atoms with Gasteiger partial charge in [0.15, 0.2) is 5.76 Å². The molecule has 24 heavy (non-hydrogen) atoms. The lowest BCUT2D eigenvalue weighted by Crippen LogP contribution is -2.27. The second-order valence-electron chi connectivity index (χ2n) is 5.08. The first-order valence-corrected chi connectivity index (χ1v) is 8.11. The summed E-state index contributed by atoms with van der Waals surface area (Å²) in [7, 11) is 1.70. The molecule has 3 heterocycles. The van der Waals surface area contributed by atoms with E-state index in [0.29, 0.717) is 17.1 Å². The number of pyridine rings is 1. The Labute approximate surface area is 142 Å². The Morgan fingerprint density at radius 1 is 1.25 bits per heavy atom. The number of anilines is 1. The van der Waals surface area contributed by atoms with Crippen LogP contribution < -0.4 is 5.32 Å². The number of furan rings is 1. The van der Waals surface area contributed by atoms with Gasteiger partial charge in [-0.2, -0.15) is 0 Å². The predicted octanol–water partition coefficient (Wildman–Crippen LogP) is 3.26. The van der Waals surface area contributed by atoms with E-state index >= 15 is 0 Å². The number of carbonyl (C=O) groups is 2. The molecule has 0 aliphatic carbocycles. The molecule has 1 N–H and O–H groups in total. The van der Waals surface area contributed by atoms with Gasteiger partial charge in [0.2, 0.25) is 0 Å². The lowest BCUT2D eigenvalue weighted by atomic mass is 10.2. The van der Waals surface area contributed by atoms with E-state index < -0.39 is 0 Å². The van der Waals surface area contributed by atoms with Crippen molar-refractivity contribution in [1.29, 1.82) is 0 Å². The molecule has 2 amide bonds. The van der Waals surface area contributed by atoms with Crippen LogP contribution in [0.3, 0.4) is 0 Å². The van der Waals surface area contributed by atoms with Crippen LogP contribution in [-0.4, -0.2) is 28.7 Å². The molecule has 0 saturated heterocycles. The third-order valence-electron chi connectivity index (χ3n) is 3.34. The van der Waals surface area contributed by atoms with Crippen LogP contribution in [0, 0.1) is 0 Å². The average Bonchev–Trinajstić information content (AvgIpc) is 3.26. The maximum atomic E-state index is 12.6. The maximum Gasteiger partial charge on any atom is 0.291 e. The van der Waals surface area contributed by atoms with E-state index in [0.717, 1.165) is 5.69 Å². The van der Waals surface area contributed by atoms with Gasteiger partial charge < -0.3 is 14.6 Å². The fourth-order valence-corrected chi connectivity index (χ4v) is 2.93. The van der Waals surface area contributed by atoms with E-state index in [2.05, 4.69) is 10.3 Å². The molecule has 0 radical (unpaired) electrons. The van der Waals surface area contributed by atoms with Crippen molar-refractivity contribution in [2.75, 3.05) is 12.4 Å². The van der Waals surface area contributed by atoms with Gasteiger partial charge in [0, 0.05) is 13.2 Å². The van der Waals surface area contributed by atoms with Gasteiger partial charge >= 0.3 is 0 Å². The third kappa shape index (κ3) is 3.52. The summed E-state index contributed by atoms with van der Waals surface area (Å²) < 4.78 is 5.06. The summed E-state index contributed by atoms with van der Waals surface area (Å²) in [4.78, 5) is 30.5. The highest BCUT2D eigenvalue weighted by Crippen LogP contribution is 2.25. The molecule has 0 aliphatic rings. The van der Waals surface area contributed by atoms with Gasteiger partial charge in [-0.15, -0.1) is 11.3 Å². The first-order valence-electron chi connectivity index (χ1n) is 7.23. The van der Waals surface area contributed by atoms with Crippen molar-refractivity contribution in [1.82, 2.24) is 9.88 Å². The number of amides is 2. The molecule has 0 aromatic carbocycles. The van der Waals surface area contributed by atoms with Crippen molar-refractivity contribution >= 4 is 28.2 Å². The number of carbonyl (C=O) groups excluding carboxylic acids is 2. The topological polar surface area (TPSA) is 75.4 Å². The van der Waals surface area contributed by atoms with Crippen molar-refractivity contribution in [2.45, 2.75) is 6.54 Å². The van der Waals surface area contributed by atoms with Gasteiger partial charge in [-0.05, 0) is 35.7 Å². The van der Waals surface area contributed by atoms with Gasteiger partial charge in [0.1, 0.15) is 5.00 Å². The quantitative estimate of drug-likeness (QED) is 0.773. The predicted molar refractivity (Wildman–Crippen MR) is 91.0 cm³/mol. The highest BCUT2D eigenvalue weighted by atomic mass is 32.1. The molecule has 3 aromatic rings. The summed E-state index contributed by atoms with van der Waals surface area (Å²) in [5.41, 5.74) is 1.24.